The maximum atomic E-state index is 13.9. The predicted octanol–water partition coefficient (Wildman–Crippen LogP) is 3.10. The topological polar surface area (TPSA) is 222 Å². The molecule has 3 N–H and O–H groups in total. The number of cyclic esters (lactones) is 1. The Morgan fingerprint density at radius 2 is 1.73 bits per heavy atom. The smallest absolute Gasteiger partial charge is 0.310 e. The summed E-state index contributed by atoms with van der Waals surface area (Å²) in [7, 11) is 1.10. The first-order chi connectivity index (χ1) is 24.1. The molecule has 0 radical (unpaired) electrons. The number of aliphatic hydroxyl groups is 2. The maximum Gasteiger partial charge on any atom is 0.310 e. The van der Waals surface area contributed by atoms with Gasteiger partial charge in [-0.25, -0.2) is 0 Å². The van der Waals surface area contributed by atoms with Gasteiger partial charge in [-0.15, -0.1) is 0 Å². The summed E-state index contributed by atoms with van der Waals surface area (Å²) in [6, 6.07) is 1.61. The molecule has 0 bridgehead atoms. The minimum atomic E-state index is -2.37. The van der Waals surface area contributed by atoms with E-state index in [-0.39, 0.29) is 24.3 Å². The SMILES string of the molecule is C=C1C(C(C)(C(CC(=O)OC)OC(C)=O)C2CC(=O)OC2(C)CO)C(C(=O)O)C(OC(=O)CC(C)C)C2(C)C(c3ccoc3)CC(OC(C)=O)C12O. The average molecular weight is 735 g/mol. The van der Waals surface area contributed by atoms with E-state index in [4.69, 9.17) is 28.1 Å². The van der Waals surface area contributed by atoms with Crippen molar-refractivity contribution in [1.82, 2.24) is 0 Å². The fourth-order valence-corrected chi connectivity index (χ4v) is 9.49. The van der Waals surface area contributed by atoms with E-state index < -0.39 is 119 Å². The van der Waals surface area contributed by atoms with Gasteiger partial charge in [0, 0.05) is 48.9 Å². The second-order valence-corrected chi connectivity index (χ2v) is 15.3. The van der Waals surface area contributed by atoms with E-state index in [1.807, 2.05) is 0 Å². The molecule has 3 aliphatic rings. The number of furan rings is 1. The molecule has 11 unspecified atom stereocenters. The Kier molecular flexibility index (Phi) is 11.4. The van der Waals surface area contributed by atoms with Gasteiger partial charge in [-0.3, -0.25) is 28.8 Å². The lowest BCUT2D eigenvalue weighted by Crippen LogP contribution is -2.71. The van der Waals surface area contributed by atoms with E-state index in [2.05, 4.69) is 6.58 Å². The lowest BCUT2D eigenvalue weighted by Gasteiger charge is -2.62. The zero-order chi connectivity index (χ0) is 39.1. The zero-order valence-corrected chi connectivity index (χ0v) is 30.8. The lowest BCUT2D eigenvalue weighted by molar-refractivity contribution is -0.234. The molecular weight excluding hydrogens is 684 g/mol. The number of carbonyl (C=O) groups excluding carboxylic acids is 5. The monoisotopic (exact) mass is 734 g/mol. The fraction of sp³-hybridized carbons (Fsp3) is 0.676. The second-order valence-electron chi connectivity index (χ2n) is 15.3. The van der Waals surface area contributed by atoms with Crippen molar-refractivity contribution in [3.63, 3.8) is 0 Å². The first-order valence-electron chi connectivity index (χ1n) is 17.2. The summed E-state index contributed by atoms with van der Waals surface area (Å²) in [5.41, 5.74) is -7.53. The Balaban J connectivity index is 2.16. The Labute approximate surface area is 301 Å². The third-order valence-corrected chi connectivity index (χ3v) is 11.7. The van der Waals surface area contributed by atoms with Gasteiger partial charge in [0.05, 0.1) is 39.1 Å². The van der Waals surface area contributed by atoms with Gasteiger partial charge in [-0.1, -0.05) is 34.3 Å². The molecule has 1 saturated heterocycles. The number of rotatable bonds is 13. The standard InChI is InChI=1S/C37H50O15/c1-18(2)12-28(42)51-32-30(33(44)45)31(19(3)37(46)26(50-21(5)40)13-23(36(32,37)8)22-10-11-48-16-22)35(7,24-14-29(43)52-34(24,6)17-38)25(49-20(4)39)15-27(41)47-9/h10-11,16,18,23-26,30-32,38,46H,3,12-15,17H2,1-2,4-9H3,(H,44,45). The van der Waals surface area contributed by atoms with E-state index in [9.17, 15) is 44.1 Å². The predicted molar refractivity (Wildman–Crippen MR) is 178 cm³/mol. The van der Waals surface area contributed by atoms with E-state index in [1.54, 1.807) is 19.9 Å². The Morgan fingerprint density at radius 3 is 2.23 bits per heavy atom. The number of ether oxygens (including phenoxy) is 5. The molecule has 1 aliphatic heterocycles. The lowest BCUT2D eigenvalue weighted by atomic mass is 9.44. The molecule has 0 amide bonds. The van der Waals surface area contributed by atoms with E-state index >= 15 is 0 Å². The fourth-order valence-electron chi connectivity index (χ4n) is 9.49. The van der Waals surface area contributed by atoms with Crippen LogP contribution in [0.2, 0.25) is 0 Å². The molecule has 1 aromatic heterocycles. The van der Waals surface area contributed by atoms with Crippen LogP contribution in [-0.4, -0.2) is 94.4 Å². The molecule has 4 rings (SSSR count). The minimum absolute atomic E-state index is 0.0892. The van der Waals surface area contributed by atoms with Crippen LogP contribution in [0.3, 0.4) is 0 Å². The Hall–Kier alpha value is -4.24. The first kappa shape index (κ1) is 40.5. The van der Waals surface area contributed by atoms with Gasteiger partial charge in [0.15, 0.2) is 0 Å². The number of carboxylic acid groups (broad SMARTS) is 1. The average Bonchev–Trinajstić information content (AvgIpc) is 3.74. The normalized spacial score (nSPS) is 34.4. The van der Waals surface area contributed by atoms with Crippen molar-refractivity contribution >= 4 is 35.8 Å². The van der Waals surface area contributed by atoms with Gasteiger partial charge in [-0.2, -0.15) is 0 Å². The van der Waals surface area contributed by atoms with Crippen molar-refractivity contribution in [3.05, 3.63) is 36.3 Å². The molecule has 52 heavy (non-hydrogen) atoms. The number of fused-ring (bicyclic) bond motifs is 1. The molecule has 0 aromatic carbocycles. The summed E-state index contributed by atoms with van der Waals surface area (Å²) in [4.78, 5) is 79.1. The van der Waals surface area contributed by atoms with Crippen LogP contribution in [0.5, 0.6) is 0 Å². The van der Waals surface area contributed by atoms with Gasteiger partial charge < -0.3 is 43.4 Å². The number of aliphatic carboxylic acids is 1. The van der Waals surface area contributed by atoms with Crippen molar-refractivity contribution in [2.75, 3.05) is 13.7 Å². The molecule has 15 nitrogen and oxygen atoms in total. The van der Waals surface area contributed by atoms with Crippen LogP contribution in [0.4, 0.5) is 0 Å². The Morgan fingerprint density at radius 1 is 1.08 bits per heavy atom. The molecule has 2 aliphatic carbocycles. The molecule has 3 fully saturated rings. The molecular formula is C37H50O15. The molecule has 2 saturated carbocycles. The minimum Gasteiger partial charge on any atom is -0.481 e. The second kappa shape index (κ2) is 14.6. The third-order valence-electron chi connectivity index (χ3n) is 11.7. The van der Waals surface area contributed by atoms with Crippen LogP contribution < -0.4 is 0 Å². The van der Waals surface area contributed by atoms with Gasteiger partial charge >= 0.3 is 35.8 Å². The van der Waals surface area contributed by atoms with Crippen LogP contribution >= 0.6 is 0 Å². The van der Waals surface area contributed by atoms with E-state index in [0.717, 1.165) is 21.0 Å². The van der Waals surface area contributed by atoms with E-state index in [1.165, 1.54) is 33.3 Å². The summed E-state index contributed by atoms with van der Waals surface area (Å²) in [5, 5.41) is 35.3. The molecule has 11 atom stereocenters. The highest BCUT2D eigenvalue weighted by atomic mass is 16.6. The number of hydrogen-bond acceptors (Lipinski definition) is 14. The maximum absolute atomic E-state index is 13.9. The highest BCUT2D eigenvalue weighted by Gasteiger charge is 2.78. The van der Waals surface area contributed by atoms with Crippen LogP contribution in [0, 0.1) is 34.5 Å². The van der Waals surface area contributed by atoms with Gasteiger partial charge in [-0.05, 0) is 36.5 Å². The van der Waals surface area contributed by atoms with Crippen molar-refractivity contribution in [1.29, 1.82) is 0 Å². The summed E-state index contributed by atoms with van der Waals surface area (Å²) >= 11 is 0. The highest BCUT2D eigenvalue weighted by molar-refractivity contribution is 5.78. The van der Waals surface area contributed by atoms with Crippen LogP contribution in [-0.2, 0) is 52.5 Å². The number of aliphatic hydroxyl groups excluding tert-OH is 1. The van der Waals surface area contributed by atoms with Crippen molar-refractivity contribution < 1.29 is 72.2 Å². The number of carbonyl (C=O) groups is 6. The van der Waals surface area contributed by atoms with Gasteiger partial charge in [0.25, 0.3) is 0 Å². The number of carboxylic acids is 1. The largest absolute Gasteiger partial charge is 0.481 e. The summed E-state index contributed by atoms with van der Waals surface area (Å²) in [5.74, 6) is -11.3. The third kappa shape index (κ3) is 6.61. The highest BCUT2D eigenvalue weighted by Crippen LogP contribution is 2.70. The molecule has 15 heteroatoms. The first-order valence-corrected chi connectivity index (χ1v) is 17.2. The van der Waals surface area contributed by atoms with Gasteiger partial charge in [0.1, 0.15) is 35.4 Å². The summed E-state index contributed by atoms with van der Waals surface area (Å²) < 4.78 is 33.7. The van der Waals surface area contributed by atoms with Crippen LogP contribution in [0.25, 0.3) is 0 Å². The van der Waals surface area contributed by atoms with Crippen molar-refractivity contribution in [2.45, 2.75) is 110 Å². The zero-order valence-electron chi connectivity index (χ0n) is 30.8. The molecule has 1 aromatic rings. The van der Waals surface area contributed by atoms with E-state index in [0.29, 0.717) is 5.56 Å². The number of methoxy groups -OCH3 is 1. The van der Waals surface area contributed by atoms with Gasteiger partial charge in [0.2, 0.25) is 0 Å². The molecule has 2 heterocycles. The molecule has 288 valence electrons. The Bertz CT molecular complexity index is 1580. The number of esters is 5. The van der Waals surface area contributed by atoms with Crippen LogP contribution in [0.1, 0.15) is 85.6 Å². The quantitative estimate of drug-likeness (QED) is 0.151. The molecule has 0 spiro atoms. The summed E-state index contributed by atoms with van der Waals surface area (Å²) in [6.45, 7) is 13.7. The number of hydrogen-bond donors (Lipinski definition) is 3. The van der Waals surface area contributed by atoms with Crippen molar-refractivity contribution in [2.24, 2.45) is 34.5 Å². The summed E-state index contributed by atoms with van der Waals surface area (Å²) in [6.07, 6.45) is -3.23. The van der Waals surface area contributed by atoms with Crippen molar-refractivity contribution in [3.8, 4) is 0 Å². The van der Waals surface area contributed by atoms with Crippen LogP contribution in [0.15, 0.2) is 35.2 Å².